The second-order valence-corrected chi connectivity index (χ2v) is 6.17. The lowest BCUT2D eigenvalue weighted by Gasteiger charge is -2.08. The van der Waals surface area contributed by atoms with E-state index in [1.807, 2.05) is 19.9 Å². The van der Waals surface area contributed by atoms with E-state index < -0.39 is 11.8 Å². The van der Waals surface area contributed by atoms with Crippen LogP contribution in [-0.2, 0) is 9.59 Å². The number of nitrogens with zero attached hydrogens (tertiary/aromatic N) is 1. The third-order valence-corrected chi connectivity index (χ3v) is 3.90. The Balaban J connectivity index is 1.99. The van der Waals surface area contributed by atoms with Crippen molar-refractivity contribution in [3.8, 4) is 5.75 Å². The van der Waals surface area contributed by atoms with Crippen LogP contribution in [0.25, 0.3) is 0 Å². The Kier molecular flexibility index (Phi) is 7.14. The largest absolute Gasteiger partial charge is 0.489 e. The van der Waals surface area contributed by atoms with Crippen molar-refractivity contribution in [3.05, 3.63) is 70.8 Å². The fourth-order valence-corrected chi connectivity index (χ4v) is 2.30. The van der Waals surface area contributed by atoms with Gasteiger partial charge in [0.05, 0.1) is 6.21 Å². The summed E-state index contributed by atoms with van der Waals surface area (Å²) < 4.78 is 5.49. The van der Waals surface area contributed by atoms with Crippen molar-refractivity contribution < 1.29 is 14.3 Å². The molecule has 7 heteroatoms. The number of carbonyl (C=O) groups excluding carboxylic acids is 2. The molecule has 0 heterocycles. The number of hydrazone groups is 1. The van der Waals surface area contributed by atoms with Gasteiger partial charge in [0.1, 0.15) is 12.4 Å². The average Bonchev–Trinajstić information content (AvgIpc) is 2.64. The molecule has 0 radical (unpaired) electrons. The average molecular weight is 386 g/mol. The minimum Gasteiger partial charge on any atom is -0.489 e. The van der Waals surface area contributed by atoms with Crippen LogP contribution in [-0.4, -0.2) is 24.6 Å². The fraction of sp³-hybridized carbons (Fsp3) is 0.150. The maximum absolute atomic E-state index is 12.0. The molecule has 0 saturated carbocycles. The van der Waals surface area contributed by atoms with Gasteiger partial charge in [-0.2, -0.15) is 5.10 Å². The number of aryl methyl sites for hydroxylation is 2. The van der Waals surface area contributed by atoms with Crippen LogP contribution in [0.3, 0.4) is 0 Å². The van der Waals surface area contributed by atoms with E-state index in [1.165, 1.54) is 6.21 Å². The Morgan fingerprint density at radius 1 is 1.15 bits per heavy atom. The van der Waals surface area contributed by atoms with Crippen LogP contribution < -0.4 is 15.5 Å². The molecular weight excluding hydrogens is 366 g/mol. The summed E-state index contributed by atoms with van der Waals surface area (Å²) in [5, 5.41) is 6.81. The molecule has 2 rings (SSSR count). The third-order valence-electron chi connectivity index (χ3n) is 3.67. The molecule has 0 saturated heterocycles. The third kappa shape index (κ3) is 5.97. The normalized spacial score (nSPS) is 10.5. The first-order valence-corrected chi connectivity index (χ1v) is 8.53. The van der Waals surface area contributed by atoms with Crippen LogP contribution in [0.1, 0.15) is 16.7 Å². The first-order valence-electron chi connectivity index (χ1n) is 8.15. The number of ether oxygens (including phenoxy) is 1. The SMILES string of the molecule is C=CCOc1ccc(Cl)cc1/C=N\NC(=O)C(=O)Nc1ccc(C)c(C)c1. The number of halogens is 1. The molecule has 0 unspecified atom stereocenters. The van der Waals surface area contributed by atoms with Gasteiger partial charge < -0.3 is 10.1 Å². The highest BCUT2D eigenvalue weighted by Gasteiger charge is 2.13. The van der Waals surface area contributed by atoms with Gasteiger partial charge in [-0.3, -0.25) is 9.59 Å². The highest BCUT2D eigenvalue weighted by Crippen LogP contribution is 2.21. The van der Waals surface area contributed by atoms with Crippen LogP contribution >= 0.6 is 11.6 Å². The molecule has 0 aromatic heterocycles. The van der Waals surface area contributed by atoms with Crippen LogP contribution in [0.15, 0.2) is 54.2 Å². The molecule has 2 N–H and O–H groups in total. The van der Waals surface area contributed by atoms with Gasteiger partial charge in [0.25, 0.3) is 0 Å². The molecule has 2 aromatic rings. The summed E-state index contributed by atoms with van der Waals surface area (Å²) in [7, 11) is 0. The Morgan fingerprint density at radius 2 is 1.93 bits per heavy atom. The lowest BCUT2D eigenvalue weighted by molar-refractivity contribution is -0.136. The molecule has 27 heavy (non-hydrogen) atoms. The standard InChI is InChI=1S/C20H20ClN3O3/c1-4-9-27-18-8-6-16(21)11-15(18)12-22-24-20(26)19(25)23-17-7-5-13(2)14(3)10-17/h4-8,10-12H,1,9H2,2-3H3,(H,23,25)(H,24,26)/b22-12-. The van der Waals surface area contributed by atoms with Gasteiger partial charge in [-0.05, 0) is 55.3 Å². The molecule has 2 aromatic carbocycles. The monoisotopic (exact) mass is 385 g/mol. The molecule has 0 spiro atoms. The highest BCUT2D eigenvalue weighted by atomic mass is 35.5. The second-order valence-electron chi connectivity index (χ2n) is 5.73. The summed E-state index contributed by atoms with van der Waals surface area (Å²) in [5.74, 6) is -1.18. The Hall–Kier alpha value is -3.12. The van der Waals surface area contributed by atoms with E-state index >= 15 is 0 Å². The number of hydrogen-bond acceptors (Lipinski definition) is 4. The van der Waals surface area contributed by atoms with Crippen molar-refractivity contribution in [1.82, 2.24) is 5.43 Å². The zero-order valence-electron chi connectivity index (χ0n) is 15.1. The van der Waals surface area contributed by atoms with Crippen molar-refractivity contribution >= 4 is 35.3 Å². The molecular formula is C20H20ClN3O3. The van der Waals surface area contributed by atoms with E-state index in [0.29, 0.717) is 28.6 Å². The van der Waals surface area contributed by atoms with E-state index in [0.717, 1.165) is 11.1 Å². The van der Waals surface area contributed by atoms with Crippen molar-refractivity contribution in [2.75, 3.05) is 11.9 Å². The number of nitrogens with one attached hydrogen (secondary N) is 2. The molecule has 0 aliphatic carbocycles. The molecule has 6 nitrogen and oxygen atoms in total. The number of hydrogen-bond donors (Lipinski definition) is 2. The van der Waals surface area contributed by atoms with Gasteiger partial charge in [0.15, 0.2) is 0 Å². The summed E-state index contributed by atoms with van der Waals surface area (Å²) in [5.41, 5.74) is 5.38. The van der Waals surface area contributed by atoms with Crippen LogP contribution in [0.4, 0.5) is 5.69 Å². The molecule has 0 aliphatic heterocycles. The maximum Gasteiger partial charge on any atom is 0.329 e. The zero-order valence-corrected chi connectivity index (χ0v) is 15.8. The van der Waals surface area contributed by atoms with Gasteiger partial charge in [-0.1, -0.05) is 30.3 Å². The summed E-state index contributed by atoms with van der Waals surface area (Å²) in [4.78, 5) is 23.9. The lowest BCUT2D eigenvalue weighted by Crippen LogP contribution is -2.32. The minimum absolute atomic E-state index is 0.313. The van der Waals surface area contributed by atoms with Crippen LogP contribution in [0, 0.1) is 13.8 Å². The van der Waals surface area contributed by atoms with Crippen molar-refractivity contribution in [3.63, 3.8) is 0 Å². The summed E-state index contributed by atoms with van der Waals surface area (Å²) in [6.45, 7) is 7.79. The van der Waals surface area contributed by atoms with Gasteiger partial charge in [-0.15, -0.1) is 0 Å². The molecule has 2 amide bonds. The van der Waals surface area contributed by atoms with E-state index in [4.69, 9.17) is 16.3 Å². The van der Waals surface area contributed by atoms with Crippen molar-refractivity contribution in [2.24, 2.45) is 5.10 Å². The van der Waals surface area contributed by atoms with Gasteiger partial charge >= 0.3 is 11.8 Å². The van der Waals surface area contributed by atoms with Crippen molar-refractivity contribution in [2.45, 2.75) is 13.8 Å². The number of rotatable bonds is 6. The predicted octanol–water partition coefficient (Wildman–Crippen LogP) is 3.61. The quantitative estimate of drug-likeness (QED) is 0.345. The molecule has 0 bridgehead atoms. The van der Waals surface area contributed by atoms with Gasteiger partial charge in [0, 0.05) is 16.3 Å². The predicted molar refractivity (Wildman–Crippen MR) is 107 cm³/mol. The van der Waals surface area contributed by atoms with E-state index in [1.54, 1.807) is 36.4 Å². The number of amides is 2. The Labute approximate surface area is 162 Å². The highest BCUT2D eigenvalue weighted by molar-refractivity contribution is 6.39. The Morgan fingerprint density at radius 3 is 2.63 bits per heavy atom. The number of benzene rings is 2. The van der Waals surface area contributed by atoms with Crippen LogP contribution in [0.2, 0.25) is 5.02 Å². The molecule has 0 fully saturated rings. The first kappa shape index (κ1) is 20.2. The zero-order chi connectivity index (χ0) is 19.8. The topological polar surface area (TPSA) is 79.8 Å². The smallest absolute Gasteiger partial charge is 0.329 e. The van der Waals surface area contributed by atoms with E-state index in [-0.39, 0.29) is 0 Å². The van der Waals surface area contributed by atoms with Gasteiger partial charge in [-0.25, -0.2) is 5.43 Å². The molecule has 0 aliphatic rings. The molecule has 0 atom stereocenters. The minimum atomic E-state index is -0.889. The summed E-state index contributed by atoms with van der Waals surface area (Å²) >= 11 is 5.97. The number of anilines is 1. The molecule has 140 valence electrons. The summed E-state index contributed by atoms with van der Waals surface area (Å²) in [6.07, 6.45) is 2.96. The summed E-state index contributed by atoms with van der Waals surface area (Å²) in [6, 6.07) is 10.4. The second kappa shape index (κ2) is 9.54. The van der Waals surface area contributed by atoms with E-state index in [9.17, 15) is 9.59 Å². The van der Waals surface area contributed by atoms with E-state index in [2.05, 4.69) is 22.4 Å². The van der Waals surface area contributed by atoms with Crippen molar-refractivity contribution in [1.29, 1.82) is 0 Å². The lowest BCUT2D eigenvalue weighted by atomic mass is 10.1. The Bertz CT molecular complexity index is 894. The van der Waals surface area contributed by atoms with Crippen LogP contribution in [0.5, 0.6) is 5.75 Å². The maximum atomic E-state index is 12.0. The fourth-order valence-electron chi connectivity index (χ4n) is 2.12. The van der Waals surface area contributed by atoms with Gasteiger partial charge in [0.2, 0.25) is 0 Å². The number of carbonyl (C=O) groups is 2. The first-order chi connectivity index (χ1) is 12.9.